The first-order chi connectivity index (χ1) is 9.38. The monoisotopic (exact) mass is 328 g/mol. The van der Waals surface area contributed by atoms with E-state index >= 15 is 0 Å². The van der Waals surface area contributed by atoms with E-state index in [9.17, 15) is 0 Å². The van der Waals surface area contributed by atoms with Crippen LogP contribution in [0.4, 0.5) is 0 Å². The third kappa shape index (κ3) is 3.53. The van der Waals surface area contributed by atoms with Crippen molar-refractivity contribution in [3.63, 3.8) is 0 Å². The van der Waals surface area contributed by atoms with Crippen LogP contribution in [0.15, 0.2) is 18.2 Å². The van der Waals surface area contributed by atoms with Crippen molar-refractivity contribution < 1.29 is 0 Å². The van der Waals surface area contributed by atoms with Crippen LogP contribution in [-0.2, 0) is 0 Å². The number of thiazole rings is 1. The molecule has 0 aliphatic rings. The zero-order valence-electron chi connectivity index (χ0n) is 12.0. The van der Waals surface area contributed by atoms with Crippen molar-refractivity contribution in [1.29, 1.82) is 0 Å². The van der Waals surface area contributed by atoms with Gasteiger partial charge in [0, 0.05) is 27.0 Å². The number of benzene rings is 1. The van der Waals surface area contributed by atoms with Crippen LogP contribution in [-0.4, -0.2) is 4.98 Å². The normalized spacial score (nSPS) is 14.3. The van der Waals surface area contributed by atoms with Gasteiger partial charge in [0.05, 0.1) is 10.7 Å². The van der Waals surface area contributed by atoms with E-state index in [1.54, 1.807) is 17.4 Å². The fourth-order valence-corrected chi connectivity index (χ4v) is 3.74. The van der Waals surface area contributed by atoms with Gasteiger partial charge in [-0.2, -0.15) is 0 Å². The summed E-state index contributed by atoms with van der Waals surface area (Å²) in [6.07, 6.45) is 0. The lowest BCUT2D eigenvalue weighted by Gasteiger charge is -2.21. The van der Waals surface area contributed by atoms with Crippen molar-refractivity contribution in [3.8, 4) is 0 Å². The molecule has 2 rings (SSSR count). The van der Waals surface area contributed by atoms with E-state index in [1.165, 1.54) is 4.88 Å². The topological polar surface area (TPSA) is 24.9 Å². The number of hydrogen-bond donors (Lipinski definition) is 1. The highest BCUT2D eigenvalue weighted by Crippen LogP contribution is 2.30. The first kappa shape index (κ1) is 15.8. The van der Waals surface area contributed by atoms with Crippen molar-refractivity contribution in [2.24, 2.45) is 0 Å². The molecule has 0 saturated heterocycles. The molecule has 0 amide bonds. The van der Waals surface area contributed by atoms with Crippen LogP contribution in [0.3, 0.4) is 0 Å². The quantitative estimate of drug-likeness (QED) is 0.803. The van der Waals surface area contributed by atoms with Gasteiger partial charge >= 0.3 is 0 Å². The fourth-order valence-electron chi connectivity index (χ4n) is 2.34. The van der Waals surface area contributed by atoms with Crippen molar-refractivity contribution in [3.05, 3.63) is 49.4 Å². The number of nitrogens with one attached hydrogen (secondary N) is 1. The van der Waals surface area contributed by atoms with Gasteiger partial charge in [0.25, 0.3) is 0 Å². The molecule has 1 aromatic carbocycles. The molecule has 0 bridgehead atoms. The number of halogens is 2. The second kappa shape index (κ2) is 6.44. The highest BCUT2D eigenvalue weighted by atomic mass is 35.5. The zero-order chi connectivity index (χ0) is 14.9. The van der Waals surface area contributed by atoms with Gasteiger partial charge in [0.2, 0.25) is 0 Å². The molecule has 0 spiro atoms. The van der Waals surface area contributed by atoms with Crippen molar-refractivity contribution in [1.82, 2.24) is 10.3 Å². The summed E-state index contributed by atoms with van der Waals surface area (Å²) in [6, 6.07) is 5.91. The van der Waals surface area contributed by atoms with Crippen LogP contribution in [0.25, 0.3) is 0 Å². The first-order valence-electron chi connectivity index (χ1n) is 6.53. The molecule has 5 heteroatoms. The van der Waals surface area contributed by atoms with E-state index in [1.807, 2.05) is 26.0 Å². The van der Waals surface area contributed by atoms with Gasteiger partial charge in [-0.25, -0.2) is 4.98 Å². The molecule has 0 radical (unpaired) electrons. The molecule has 0 saturated carbocycles. The minimum atomic E-state index is 0.123. The van der Waals surface area contributed by atoms with Crippen LogP contribution in [0.1, 0.15) is 47.1 Å². The molecular formula is C15H18Cl2N2S. The summed E-state index contributed by atoms with van der Waals surface area (Å²) in [5, 5.41) is 6.10. The first-order valence-corrected chi connectivity index (χ1v) is 8.10. The standard InChI is InChI=1S/C15H18Cl2N2S/c1-8(13-7-12(16)5-6-14(13)17)18-9(2)15-10(3)19-11(4)20-15/h5-9,18H,1-4H3. The molecule has 2 aromatic rings. The van der Waals surface area contributed by atoms with Crippen LogP contribution in [0, 0.1) is 13.8 Å². The van der Waals surface area contributed by atoms with E-state index in [0.717, 1.165) is 21.3 Å². The summed E-state index contributed by atoms with van der Waals surface area (Å²) in [5.74, 6) is 0. The summed E-state index contributed by atoms with van der Waals surface area (Å²) < 4.78 is 0. The van der Waals surface area contributed by atoms with E-state index in [2.05, 4.69) is 24.1 Å². The predicted molar refractivity (Wildman–Crippen MR) is 88.0 cm³/mol. The predicted octanol–water partition coefficient (Wildman–Crippen LogP) is 5.48. The molecular weight excluding hydrogens is 311 g/mol. The van der Waals surface area contributed by atoms with Gasteiger partial charge in [0.15, 0.2) is 0 Å². The van der Waals surface area contributed by atoms with Gasteiger partial charge < -0.3 is 5.32 Å². The average molecular weight is 329 g/mol. The Morgan fingerprint density at radius 1 is 1.15 bits per heavy atom. The minimum Gasteiger partial charge on any atom is -0.303 e. The van der Waals surface area contributed by atoms with Crippen LogP contribution < -0.4 is 5.32 Å². The van der Waals surface area contributed by atoms with Gasteiger partial charge in [-0.05, 0) is 51.5 Å². The Morgan fingerprint density at radius 3 is 2.45 bits per heavy atom. The Bertz CT molecular complexity index is 610. The van der Waals surface area contributed by atoms with Gasteiger partial charge in [-0.1, -0.05) is 23.2 Å². The maximum Gasteiger partial charge on any atom is 0.0900 e. The second-order valence-corrected chi connectivity index (χ2v) is 7.04. The van der Waals surface area contributed by atoms with Crippen molar-refractivity contribution in [2.75, 3.05) is 0 Å². The molecule has 0 aliphatic heterocycles. The maximum absolute atomic E-state index is 6.25. The van der Waals surface area contributed by atoms with E-state index in [-0.39, 0.29) is 12.1 Å². The smallest absolute Gasteiger partial charge is 0.0900 e. The molecule has 1 N–H and O–H groups in total. The van der Waals surface area contributed by atoms with Crippen LogP contribution in [0.5, 0.6) is 0 Å². The molecule has 0 fully saturated rings. The Balaban J connectivity index is 2.17. The molecule has 0 aliphatic carbocycles. The largest absolute Gasteiger partial charge is 0.303 e. The summed E-state index contributed by atoms with van der Waals surface area (Å²) in [5.41, 5.74) is 2.11. The number of aryl methyl sites for hydroxylation is 2. The van der Waals surface area contributed by atoms with Crippen LogP contribution in [0.2, 0.25) is 10.0 Å². The molecule has 2 unspecified atom stereocenters. The average Bonchev–Trinajstić information content (AvgIpc) is 2.71. The number of aromatic nitrogens is 1. The lowest BCUT2D eigenvalue weighted by atomic mass is 10.1. The Labute approximate surface area is 134 Å². The highest BCUT2D eigenvalue weighted by molar-refractivity contribution is 7.11. The molecule has 2 atom stereocenters. The second-order valence-electron chi connectivity index (χ2n) is 4.96. The van der Waals surface area contributed by atoms with Crippen molar-refractivity contribution in [2.45, 2.75) is 39.8 Å². The van der Waals surface area contributed by atoms with E-state index in [4.69, 9.17) is 23.2 Å². The third-order valence-electron chi connectivity index (χ3n) is 3.26. The molecule has 1 heterocycles. The molecule has 20 heavy (non-hydrogen) atoms. The van der Waals surface area contributed by atoms with Gasteiger partial charge in [0.1, 0.15) is 0 Å². The van der Waals surface area contributed by atoms with E-state index in [0.29, 0.717) is 5.02 Å². The maximum atomic E-state index is 6.25. The molecule has 2 nitrogen and oxygen atoms in total. The Morgan fingerprint density at radius 2 is 1.85 bits per heavy atom. The summed E-state index contributed by atoms with van der Waals surface area (Å²) in [7, 11) is 0. The zero-order valence-corrected chi connectivity index (χ0v) is 14.3. The summed E-state index contributed by atoms with van der Waals surface area (Å²) >= 11 is 14.0. The number of hydrogen-bond acceptors (Lipinski definition) is 3. The summed E-state index contributed by atoms with van der Waals surface area (Å²) in [4.78, 5) is 5.75. The SMILES string of the molecule is Cc1nc(C)c(C(C)NC(C)c2cc(Cl)ccc2Cl)s1. The lowest BCUT2D eigenvalue weighted by molar-refractivity contribution is 0.498. The van der Waals surface area contributed by atoms with Crippen molar-refractivity contribution >= 4 is 34.5 Å². The van der Waals surface area contributed by atoms with Gasteiger partial charge in [-0.3, -0.25) is 0 Å². The molecule has 1 aromatic heterocycles. The Hall–Kier alpha value is -0.610. The van der Waals surface area contributed by atoms with E-state index < -0.39 is 0 Å². The minimum absolute atomic E-state index is 0.123. The lowest BCUT2D eigenvalue weighted by Crippen LogP contribution is -2.22. The molecule has 108 valence electrons. The number of nitrogens with zero attached hydrogens (tertiary/aromatic N) is 1. The van der Waals surface area contributed by atoms with Crippen LogP contribution >= 0.6 is 34.5 Å². The third-order valence-corrected chi connectivity index (χ3v) is 5.09. The highest BCUT2D eigenvalue weighted by Gasteiger charge is 2.17. The number of rotatable bonds is 4. The van der Waals surface area contributed by atoms with Gasteiger partial charge in [-0.15, -0.1) is 11.3 Å². The fraction of sp³-hybridized carbons (Fsp3) is 0.400. The Kier molecular flexibility index (Phi) is 5.08. The summed E-state index contributed by atoms with van der Waals surface area (Å²) in [6.45, 7) is 8.32.